The third-order valence-electron chi connectivity index (χ3n) is 2.75. The number of hydrogen-bond acceptors (Lipinski definition) is 4. The fraction of sp³-hybridized carbons (Fsp3) is 0.462. The highest BCUT2D eigenvalue weighted by Crippen LogP contribution is 2.23. The van der Waals surface area contributed by atoms with Crippen LogP contribution in [0.1, 0.15) is 23.7 Å². The quantitative estimate of drug-likeness (QED) is 0.625. The molecule has 0 aliphatic rings. The predicted molar refractivity (Wildman–Crippen MR) is 75.8 cm³/mol. The Bertz CT molecular complexity index is 406. The number of rotatable bonds is 7. The number of primary amides is 1. The molecule has 1 aromatic rings. The van der Waals surface area contributed by atoms with Gasteiger partial charge in [0, 0.05) is 31.0 Å². The second kappa shape index (κ2) is 6.86. The minimum absolute atomic E-state index is 0.442. The zero-order valence-electron chi connectivity index (χ0n) is 11.1. The fourth-order valence-electron chi connectivity index (χ4n) is 1.90. The molecule has 5 heteroatoms. The Morgan fingerprint density at radius 3 is 2.67 bits per heavy atom. The van der Waals surface area contributed by atoms with E-state index in [9.17, 15) is 4.79 Å². The smallest absolute Gasteiger partial charge is 0.250 e. The summed E-state index contributed by atoms with van der Waals surface area (Å²) in [5.41, 5.74) is 13.0. The highest BCUT2D eigenvalue weighted by Gasteiger charge is 2.14. The third-order valence-corrected chi connectivity index (χ3v) is 2.75. The van der Waals surface area contributed by atoms with Gasteiger partial charge < -0.3 is 21.7 Å². The predicted octanol–water partition coefficient (Wildman–Crippen LogP) is 0.804. The number of anilines is 2. The van der Waals surface area contributed by atoms with Crippen molar-refractivity contribution in [1.29, 1.82) is 0 Å². The number of nitrogens with zero attached hydrogens (tertiary/aromatic N) is 1. The van der Waals surface area contributed by atoms with Crippen LogP contribution < -0.4 is 21.7 Å². The molecule has 0 radical (unpaired) electrons. The van der Waals surface area contributed by atoms with Crippen LogP contribution in [0.4, 0.5) is 11.4 Å². The molecule has 0 spiro atoms. The summed E-state index contributed by atoms with van der Waals surface area (Å²) >= 11 is 0. The molecular formula is C13H22N4O. The number of nitrogens with two attached hydrogens (primary N) is 2. The second-order valence-electron chi connectivity index (χ2n) is 4.23. The van der Waals surface area contributed by atoms with Gasteiger partial charge in [0.15, 0.2) is 0 Å². The Hall–Kier alpha value is -1.75. The van der Waals surface area contributed by atoms with Crippen LogP contribution >= 0.6 is 0 Å². The molecule has 0 aliphatic heterocycles. The number of nitrogens with one attached hydrogen (secondary N) is 1. The molecule has 1 amide bonds. The molecule has 0 heterocycles. The van der Waals surface area contributed by atoms with Gasteiger partial charge >= 0.3 is 0 Å². The van der Waals surface area contributed by atoms with Crippen LogP contribution in [0.25, 0.3) is 0 Å². The second-order valence-corrected chi connectivity index (χ2v) is 4.23. The van der Waals surface area contributed by atoms with E-state index < -0.39 is 5.91 Å². The van der Waals surface area contributed by atoms with Crippen LogP contribution in [-0.2, 0) is 0 Å². The molecule has 1 rings (SSSR count). The van der Waals surface area contributed by atoms with E-state index in [0.29, 0.717) is 11.3 Å². The van der Waals surface area contributed by atoms with Crippen molar-refractivity contribution >= 4 is 17.3 Å². The average Bonchev–Trinajstić information content (AvgIpc) is 2.34. The molecule has 0 unspecified atom stereocenters. The summed E-state index contributed by atoms with van der Waals surface area (Å²) in [7, 11) is 1.90. The largest absolute Gasteiger partial charge is 0.399 e. The van der Waals surface area contributed by atoms with Gasteiger partial charge in [-0.25, -0.2) is 0 Å². The molecule has 18 heavy (non-hydrogen) atoms. The normalized spacial score (nSPS) is 10.3. The lowest BCUT2D eigenvalue weighted by atomic mass is 10.1. The topological polar surface area (TPSA) is 84.4 Å². The van der Waals surface area contributed by atoms with E-state index in [1.807, 2.05) is 13.1 Å². The van der Waals surface area contributed by atoms with E-state index in [2.05, 4.69) is 17.1 Å². The molecule has 0 saturated heterocycles. The standard InChI is InChI=1S/C13H22N4O/c1-3-7-17(8-6-16-2)12-5-4-10(14)9-11(12)13(15)18/h4-5,9,16H,3,6-8,14H2,1-2H3,(H2,15,18). The zero-order valence-corrected chi connectivity index (χ0v) is 11.1. The van der Waals surface area contributed by atoms with Crippen molar-refractivity contribution in [3.8, 4) is 0 Å². The van der Waals surface area contributed by atoms with Crippen LogP contribution in [0, 0.1) is 0 Å². The summed E-state index contributed by atoms with van der Waals surface area (Å²) in [6, 6.07) is 5.30. The molecule has 0 fully saturated rings. The maximum atomic E-state index is 11.5. The molecule has 5 N–H and O–H groups in total. The van der Waals surface area contributed by atoms with Crippen molar-refractivity contribution in [3.63, 3.8) is 0 Å². The third kappa shape index (κ3) is 3.63. The molecule has 0 atom stereocenters. The van der Waals surface area contributed by atoms with Crippen molar-refractivity contribution in [2.75, 3.05) is 37.3 Å². The van der Waals surface area contributed by atoms with Crippen molar-refractivity contribution < 1.29 is 4.79 Å². The van der Waals surface area contributed by atoms with E-state index in [-0.39, 0.29) is 0 Å². The number of likely N-dealkylation sites (N-methyl/N-ethyl adjacent to an activating group) is 1. The molecule has 0 aliphatic carbocycles. The van der Waals surface area contributed by atoms with Crippen LogP contribution in [0.15, 0.2) is 18.2 Å². The van der Waals surface area contributed by atoms with Gasteiger partial charge in [-0.15, -0.1) is 0 Å². The van der Waals surface area contributed by atoms with Crippen molar-refractivity contribution in [3.05, 3.63) is 23.8 Å². The summed E-state index contributed by atoms with van der Waals surface area (Å²) in [6.45, 7) is 4.66. The molecule has 100 valence electrons. The molecule has 0 aromatic heterocycles. The van der Waals surface area contributed by atoms with Gasteiger partial charge in [-0.1, -0.05) is 6.92 Å². The van der Waals surface area contributed by atoms with E-state index in [1.54, 1.807) is 12.1 Å². The lowest BCUT2D eigenvalue weighted by Gasteiger charge is -2.26. The van der Waals surface area contributed by atoms with Crippen molar-refractivity contribution in [2.24, 2.45) is 5.73 Å². The number of carbonyl (C=O) groups is 1. The molecule has 1 aromatic carbocycles. The Balaban J connectivity index is 3.05. The summed E-state index contributed by atoms with van der Waals surface area (Å²) < 4.78 is 0. The van der Waals surface area contributed by atoms with Gasteiger partial charge in [0.1, 0.15) is 0 Å². The van der Waals surface area contributed by atoms with Gasteiger partial charge in [-0.2, -0.15) is 0 Å². The Morgan fingerprint density at radius 2 is 2.11 bits per heavy atom. The summed E-state index contributed by atoms with van der Waals surface area (Å²) in [5.74, 6) is -0.442. The van der Waals surface area contributed by atoms with Gasteiger partial charge in [-0.3, -0.25) is 4.79 Å². The maximum absolute atomic E-state index is 11.5. The van der Waals surface area contributed by atoms with E-state index in [1.165, 1.54) is 0 Å². The Labute approximate surface area is 108 Å². The number of benzene rings is 1. The maximum Gasteiger partial charge on any atom is 0.250 e. The van der Waals surface area contributed by atoms with Gasteiger partial charge in [-0.05, 0) is 31.7 Å². The molecule has 0 saturated carbocycles. The first-order chi connectivity index (χ1) is 8.60. The van der Waals surface area contributed by atoms with Crippen LogP contribution in [-0.4, -0.2) is 32.6 Å². The lowest BCUT2D eigenvalue weighted by Crippen LogP contribution is -2.33. The molecule has 5 nitrogen and oxygen atoms in total. The SMILES string of the molecule is CCCN(CCNC)c1ccc(N)cc1C(N)=O. The van der Waals surface area contributed by atoms with Gasteiger partial charge in [0.2, 0.25) is 0 Å². The first-order valence-corrected chi connectivity index (χ1v) is 6.19. The summed E-state index contributed by atoms with van der Waals surface area (Å²) in [5, 5.41) is 3.10. The van der Waals surface area contributed by atoms with E-state index in [0.717, 1.165) is 31.7 Å². The molecular weight excluding hydrogens is 228 g/mol. The van der Waals surface area contributed by atoms with Gasteiger partial charge in [0.05, 0.1) is 5.56 Å². The number of hydrogen-bond donors (Lipinski definition) is 3. The molecule has 0 bridgehead atoms. The number of amides is 1. The first kappa shape index (κ1) is 14.3. The average molecular weight is 250 g/mol. The number of carbonyl (C=O) groups excluding carboxylic acids is 1. The van der Waals surface area contributed by atoms with Crippen molar-refractivity contribution in [1.82, 2.24) is 5.32 Å². The highest BCUT2D eigenvalue weighted by atomic mass is 16.1. The lowest BCUT2D eigenvalue weighted by molar-refractivity contribution is 0.100. The minimum atomic E-state index is -0.442. The zero-order chi connectivity index (χ0) is 13.5. The number of nitrogen functional groups attached to an aromatic ring is 1. The monoisotopic (exact) mass is 250 g/mol. The summed E-state index contributed by atoms with van der Waals surface area (Å²) in [4.78, 5) is 13.6. The first-order valence-electron chi connectivity index (χ1n) is 6.19. The van der Waals surface area contributed by atoms with E-state index in [4.69, 9.17) is 11.5 Å². The Kier molecular flexibility index (Phi) is 5.45. The summed E-state index contributed by atoms with van der Waals surface area (Å²) in [6.07, 6.45) is 1.01. The van der Waals surface area contributed by atoms with Crippen LogP contribution in [0.2, 0.25) is 0 Å². The van der Waals surface area contributed by atoms with E-state index >= 15 is 0 Å². The van der Waals surface area contributed by atoms with Crippen LogP contribution in [0.3, 0.4) is 0 Å². The fourth-order valence-corrected chi connectivity index (χ4v) is 1.90. The highest BCUT2D eigenvalue weighted by molar-refractivity contribution is 5.99. The van der Waals surface area contributed by atoms with Crippen LogP contribution in [0.5, 0.6) is 0 Å². The van der Waals surface area contributed by atoms with Gasteiger partial charge in [0.25, 0.3) is 5.91 Å². The Morgan fingerprint density at radius 1 is 1.39 bits per heavy atom. The van der Waals surface area contributed by atoms with Crippen molar-refractivity contribution in [2.45, 2.75) is 13.3 Å². The minimum Gasteiger partial charge on any atom is -0.399 e.